The molecule has 0 aliphatic heterocycles. The highest BCUT2D eigenvalue weighted by Gasteiger charge is 2.17. The van der Waals surface area contributed by atoms with Gasteiger partial charge in [-0.25, -0.2) is 0 Å². The molecule has 7 heteroatoms. The third-order valence-electron chi connectivity index (χ3n) is 2.83. The lowest BCUT2D eigenvalue weighted by atomic mass is 10.2. The molecule has 0 atom stereocenters. The molecule has 0 spiro atoms. The quantitative estimate of drug-likeness (QED) is 0.827. The first-order valence-corrected chi connectivity index (χ1v) is 6.65. The molecule has 6 nitrogen and oxygen atoms in total. The molecule has 0 bridgehead atoms. The number of nitriles is 1. The van der Waals surface area contributed by atoms with E-state index in [1.807, 2.05) is 6.07 Å². The SMILES string of the molecule is CN(CCC#N)C(=O)CN(CC(=O)O)c1ccc(Cl)cc1. The van der Waals surface area contributed by atoms with Crippen molar-refractivity contribution in [3.05, 3.63) is 29.3 Å². The van der Waals surface area contributed by atoms with Crippen molar-refractivity contribution in [1.82, 2.24) is 4.90 Å². The molecule has 0 aliphatic carbocycles. The highest BCUT2D eigenvalue weighted by atomic mass is 35.5. The Morgan fingerprint density at radius 2 is 1.90 bits per heavy atom. The lowest BCUT2D eigenvalue weighted by Crippen LogP contribution is -2.41. The number of carboxylic acid groups (broad SMARTS) is 1. The molecule has 0 unspecified atom stereocenters. The first-order chi connectivity index (χ1) is 9.93. The predicted octanol–water partition coefficient (Wildman–Crippen LogP) is 1.60. The molecule has 0 saturated carbocycles. The molecule has 1 aromatic carbocycles. The molecule has 112 valence electrons. The zero-order valence-electron chi connectivity index (χ0n) is 11.6. The second-order valence-corrected chi connectivity index (χ2v) is 4.89. The van der Waals surface area contributed by atoms with E-state index in [-0.39, 0.29) is 25.4 Å². The van der Waals surface area contributed by atoms with Crippen LogP contribution in [-0.4, -0.2) is 48.6 Å². The fourth-order valence-corrected chi connectivity index (χ4v) is 1.81. The molecule has 0 heterocycles. The maximum absolute atomic E-state index is 12.0. The minimum Gasteiger partial charge on any atom is -0.480 e. The molecule has 1 N–H and O–H groups in total. The van der Waals surface area contributed by atoms with Crippen LogP contribution in [0.15, 0.2) is 24.3 Å². The summed E-state index contributed by atoms with van der Waals surface area (Å²) >= 11 is 5.79. The summed E-state index contributed by atoms with van der Waals surface area (Å²) in [4.78, 5) is 25.8. The van der Waals surface area contributed by atoms with Crippen LogP contribution in [0.3, 0.4) is 0 Å². The zero-order valence-corrected chi connectivity index (χ0v) is 12.4. The Morgan fingerprint density at radius 1 is 1.29 bits per heavy atom. The van der Waals surface area contributed by atoms with Gasteiger partial charge < -0.3 is 14.9 Å². The van der Waals surface area contributed by atoms with E-state index in [1.165, 1.54) is 9.80 Å². The van der Waals surface area contributed by atoms with Gasteiger partial charge in [-0.1, -0.05) is 11.6 Å². The van der Waals surface area contributed by atoms with Crippen LogP contribution in [-0.2, 0) is 9.59 Å². The number of benzene rings is 1. The van der Waals surface area contributed by atoms with Crippen LogP contribution in [0.1, 0.15) is 6.42 Å². The van der Waals surface area contributed by atoms with Gasteiger partial charge in [0.2, 0.25) is 5.91 Å². The van der Waals surface area contributed by atoms with E-state index in [2.05, 4.69) is 0 Å². The van der Waals surface area contributed by atoms with Crippen LogP contribution >= 0.6 is 11.6 Å². The Morgan fingerprint density at radius 3 is 2.43 bits per heavy atom. The Hall–Kier alpha value is -2.26. The Bertz CT molecular complexity index is 539. The van der Waals surface area contributed by atoms with E-state index in [1.54, 1.807) is 31.3 Å². The fraction of sp³-hybridized carbons (Fsp3) is 0.357. The summed E-state index contributed by atoms with van der Waals surface area (Å²) in [5.41, 5.74) is 0.601. The molecule has 0 aromatic heterocycles. The van der Waals surface area contributed by atoms with Crippen molar-refractivity contribution < 1.29 is 14.7 Å². The van der Waals surface area contributed by atoms with E-state index in [9.17, 15) is 9.59 Å². The normalized spacial score (nSPS) is 9.76. The summed E-state index contributed by atoms with van der Waals surface area (Å²) in [7, 11) is 1.58. The molecular formula is C14H16ClN3O3. The number of carboxylic acids is 1. The van der Waals surface area contributed by atoms with Crippen LogP contribution in [0.5, 0.6) is 0 Å². The van der Waals surface area contributed by atoms with Crippen molar-refractivity contribution in [3.8, 4) is 6.07 Å². The van der Waals surface area contributed by atoms with Crippen LogP contribution < -0.4 is 4.90 Å². The summed E-state index contributed by atoms with van der Waals surface area (Å²) in [6.07, 6.45) is 0.238. The van der Waals surface area contributed by atoms with Gasteiger partial charge in [-0.15, -0.1) is 0 Å². The van der Waals surface area contributed by atoms with Gasteiger partial charge >= 0.3 is 5.97 Å². The van der Waals surface area contributed by atoms with Crippen molar-refractivity contribution in [2.24, 2.45) is 0 Å². The lowest BCUT2D eigenvalue weighted by molar-refractivity contribution is -0.135. The maximum atomic E-state index is 12.0. The van der Waals surface area contributed by atoms with E-state index in [0.29, 0.717) is 17.3 Å². The number of carbonyl (C=O) groups is 2. The second-order valence-electron chi connectivity index (χ2n) is 4.45. The van der Waals surface area contributed by atoms with Crippen molar-refractivity contribution in [2.45, 2.75) is 6.42 Å². The number of hydrogen-bond acceptors (Lipinski definition) is 4. The van der Waals surface area contributed by atoms with E-state index in [0.717, 1.165) is 0 Å². The number of anilines is 1. The lowest BCUT2D eigenvalue weighted by Gasteiger charge is -2.25. The van der Waals surface area contributed by atoms with E-state index in [4.69, 9.17) is 22.0 Å². The minimum absolute atomic E-state index is 0.0736. The zero-order chi connectivity index (χ0) is 15.8. The van der Waals surface area contributed by atoms with Gasteiger partial charge in [0.25, 0.3) is 0 Å². The molecule has 1 amide bonds. The Labute approximate surface area is 128 Å². The molecular weight excluding hydrogens is 294 g/mol. The fourth-order valence-electron chi connectivity index (χ4n) is 1.68. The smallest absolute Gasteiger partial charge is 0.323 e. The van der Waals surface area contributed by atoms with Crippen molar-refractivity contribution in [3.63, 3.8) is 0 Å². The number of likely N-dealkylation sites (N-methyl/N-ethyl adjacent to an activating group) is 1. The third-order valence-corrected chi connectivity index (χ3v) is 3.08. The molecule has 0 aliphatic rings. The number of hydrogen-bond donors (Lipinski definition) is 1. The summed E-state index contributed by atoms with van der Waals surface area (Å²) in [5, 5.41) is 18.0. The number of carbonyl (C=O) groups excluding carboxylic acids is 1. The average Bonchev–Trinajstić information content (AvgIpc) is 2.44. The average molecular weight is 310 g/mol. The summed E-state index contributed by atoms with van der Waals surface area (Å²) in [6.45, 7) is -0.0494. The van der Waals surface area contributed by atoms with E-state index >= 15 is 0 Å². The molecule has 1 rings (SSSR count). The summed E-state index contributed by atoms with van der Waals surface area (Å²) in [6, 6.07) is 8.55. The first-order valence-electron chi connectivity index (χ1n) is 6.27. The summed E-state index contributed by atoms with van der Waals surface area (Å²) in [5.74, 6) is -1.28. The van der Waals surface area contributed by atoms with Gasteiger partial charge in [0, 0.05) is 24.3 Å². The van der Waals surface area contributed by atoms with Crippen LogP contribution in [0.4, 0.5) is 5.69 Å². The minimum atomic E-state index is -1.03. The van der Waals surface area contributed by atoms with Crippen LogP contribution in [0, 0.1) is 11.3 Å². The van der Waals surface area contributed by atoms with Crippen molar-refractivity contribution >= 4 is 29.2 Å². The number of nitrogens with zero attached hydrogens (tertiary/aromatic N) is 3. The molecule has 1 aromatic rings. The second kappa shape index (κ2) is 8.12. The van der Waals surface area contributed by atoms with Crippen LogP contribution in [0.25, 0.3) is 0 Å². The standard InChI is InChI=1S/C14H16ClN3O3/c1-17(8-2-7-16)13(19)9-18(10-14(20)21)12-5-3-11(15)4-6-12/h3-6H,2,8-10H2,1H3,(H,20,21). The van der Waals surface area contributed by atoms with Gasteiger partial charge in [0.1, 0.15) is 6.54 Å². The first kappa shape index (κ1) is 16.8. The van der Waals surface area contributed by atoms with Gasteiger partial charge in [0.05, 0.1) is 19.0 Å². The number of aliphatic carboxylic acids is 1. The number of halogens is 1. The van der Waals surface area contributed by atoms with Crippen molar-refractivity contribution in [1.29, 1.82) is 5.26 Å². The van der Waals surface area contributed by atoms with Crippen LogP contribution in [0.2, 0.25) is 5.02 Å². The number of rotatable bonds is 7. The predicted molar refractivity (Wildman–Crippen MR) is 79.2 cm³/mol. The monoisotopic (exact) mass is 309 g/mol. The third kappa shape index (κ3) is 5.71. The summed E-state index contributed by atoms with van der Waals surface area (Å²) < 4.78 is 0. The Kier molecular flexibility index (Phi) is 6.50. The topological polar surface area (TPSA) is 84.6 Å². The van der Waals surface area contributed by atoms with Gasteiger partial charge in [-0.05, 0) is 24.3 Å². The maximum Gasteiger partial charge on any atom is 0.323 e. The number of amides is 1. The molecule has 0 fully saturated rings. The Balaban J connectivity index is 2.79. The van der Waals surface area contributed by atoms with Crippen molar-refractivity contribution in [2.75, 3.05) is 31.6 Å². The van der Waals surface area contributed by atoms with Gasteiger partial charge in [-0.3, -0.25) is 9.59 Å². The largest absolute Gasteiger partial charge is 0.480 e. The van der Waals surface area contributed by atoms with E-state index < -0.39 is 5.97 Å². The molecule has 0 radical (unpaired) electrons. The highest BCUT2D eigenvalue weighted by molar-refractivity contribution is 6.30. The highest BCUT2D eigenvalue weighted by Crippen LogP contribution is 2.18. The molecule has 21 heavy (non-hydrogen) atoms. The van der Waals surface area contributed by atoms with Gasteiger partial charge in [0.15, 0.2) is 0 Å². The van der Waals surface area contributed by atoms with Gasteiger partial charge in [-0.2, -0.15) is 5.26 Å². The molecule has 0 saturated heterocycles.